The van der Waals surface area contributed by atoms with E-state index in [0.29, 0.717) is 23.4 Å². The summed E-state index contributed by atoms with van der Waals surface area (Å²) in [5.74, 6) is -0.150. The van der Waals surface area contributed by atoms with E-state index in [4.69, 9.17) is 17.3 Å². The third kappa shape index (κ3) is 1.47. The normalized spacial score (nSPS) is 30.9. The number of Topliss-reactive ketones (excluding diaryl/α,β-unsaturated/α-hetero) is 1. The molecule has 0 aromatic heterocycles. The van der Waals surface area contributed by atoms with E-state index in [2.05, 4.69) is 0 Å². The number of aliphatic hydroxyl groups excluding tert-OH is 1. The topological polar surface area (TPSA) is 63.3 Å². The van der Waals surface area contributed by atoms with E-state index in [9.17, 15) is 9.90 Å². The highest BCUT2D eigenvalue weighted by atomic mass is 35.5. The summed E-state index contributed by atoms with van der Waals surface area (Å²) in [7, 11) is 0. The van der Waals surface area contributed by atoms with Crippen LogP contribution in [0.25, 0.3) is 0 Å². The summed E-state index contributed by atoms with van der Waals surface area (Å²) in [5, 5.41) is 10.2. The van der Waals surface area contributed by atoms with E-state index < -0.39 is 11.6 Å². The lowest BCUT2D eigenvalue weighted by Gasteiger charge is -2.27. The maximum atomic E-state index is 11.7. The fraction of sp³-hybridized carbons (Fsp3) is 0.364. The van der Waals surface area contributed by atoms with Gasteiger partial charge in [-0.1, -0.05) is 29.8 Å². The molecule has 0 heterocycles. The van der Waals surface area contributed by atoms with Crippen LogP contribution in [0.3, 0.4) is 0 Å². The van der Waals surface area contributed by atoms with Crippen molar-refractivity contribution in [3.8, 4) is 0 Å². The number of nitrogens with two attached hydrogens (primary N) is 1. The second-order valence-corrected chi connectivity index (χ2v) is 4.23. The predicted molar refractivity (Wildman–Crippen MR) is 57.6 cm³/mol. The maximum Gasteiger partial charge on any atom is 0.160 e. The minimum atomic E-state index is -1.32. The number of hydrogen-bond donors (Lipinski definition) is 2. The van der Waals surface area contributed by atoms with E-state index in [1.807, 2.05) is 0 Å². The lowest BCUT2D eigenvalue weighted by molar-refractivity contribution is -0.123. The standard InChI is InChI=1S/C11H12ClNO2/c12-8-4-2-1-3-7(8)11(13)9(14)5-6-10(11)15/h1-4,9,14H,5-6,13H2/t9-,11-/m0/s1. The molecule has 1 fully saturated rings. The second kappa shape index (κ2) is 3.59. The average molecular weight is 226 g/mol. The number of carbonyl (C=O) groups excluding carboxylic acids is 1. The molecule has 1 aromatic carbocycles. The predicted octanol–water partition coefficient (Wildman–Crippen LogP) is 1.22. The molecule has 1 aliphatic rings. The van der Waals surface area contributed by atoms with E-state index >= 15 is 0 Å². The molecular formula is C11H12ClNO2. The summed E-state index contributed by atoms with van der Waals surface area (Å²) in [5.41, 5.74) is 5.18. The zero-order valence-corrected chi connectivity index (χ0v) is 8.87. The number of carbonyl (C=O) groups is 1. The Labute approximate surface area is 92.8 Å². The highest BCUT2D eigenvalue weighted by Crippen LogP contribution is 2.37. The SMILES string of the molecule is N[C@]1(c2ccccc2Cl)C(=O)CC[C@@H]1O. The summed E-state index contributed by atoms with van der Waals surface area (Å²) < 4.78 is 0. The first-order valence-electron chi connectivity index (χ1n) is 4.82. The van der Waals surface area contributed by atoms with Crippen molar-refractivity contribution in [3.05, 3.63) is 34.9 Å². The van der Waals surface area contributed by atoms with Crippen LogP contribution in [-0.2, 0) is 10.3 Å². The molecule has 1 aliphatic carbocycles. The first kappa shape index (κ1) is 10.6. The maximum absolute atomic E-state index is 11.7. The third-order valence-electron chi connectivity index (χ3n) is 2.95. The van der Waals surface area contributed by atoms with Crippen molar-refractivity contribution in [3.63, 3.8) is 0 Å². The van der Waals surface area contributed by atoms with Crippen molar-refractivity contribution in [2.45, 2.75) is 24.5 Å². The van der Waals surface area contributed by atoms with Crippen molar-refractivity contribution in [1.82, 2.24) is 0 Å². The molecule has 1 saturated carbocycles. The summed E-state index contributed by atoms with van der Waals surface area (Å²) in [6.07, 6.45) is -0.131. The summed E-state index contributed by atoms with van der Waals surface area (Å²) in [6.45, 7) is 0. The fourth-order valence-corrected chi connectivity index (χ4v) is 2.31. The second-order valence-electron chi connectivity index (χ2n) is 3.83. The molecule has 0 saturated heterocycles. The molecule has 0 spiro atoms. The molecule has 0 unspecified atom stereocenters. The summed E-state index contributed by atoms with van der Waals surface area (Å²) >= 11 is 5.98. The van der Waals surface area contributed by atoms with Gasteiger partial charge in [0.25, 0.3) is 0 Å². The first-order chi connectivity index (χ1) is 7.06. The summed E-state index contributed by atoms with van der Waals surface area (Å²) in [6, 6.07) is 6.88. The van der Waals surface area contributed by atoms with Crippen molar-refractivity contribution >= 4 is 17.4 Å². The molecule has 3 N–H and O–H groups in total. The van der Waals surface area contributed by atoms with Crippen LogP contribution >= 0.6 is 11.6 Å². The smallest absolute Gasteiger partial charge is 0.160 e. The molecular weight excluding hydrogens is 214 g/mol. The minimum Gasteiger partial charge on any atom is -0.390 e. The number of hydrogen-bond acceptors (Lipinski definition) is 3. The molecule has 0 radical (unpaired) electrons. The zero-order chi connectivity index (χ0) is 11.1. The lowest BCUT2D eigenvalue weighted by Crippen LogP contribution is -2.49. The van der Waals surface area contributed by atoms with Crippen LogP contribution in [0.1, 0.15) is 18.4 Å². The number of benzene rings is 1. The van der Waals surface area contributed by atoms with Crippen LogP contribution < -0.4 is 5.73 Å². The van der Waals surface area contributed by atoms with Gasteiger partial charge in [0, 0.05) is 17.0 Å². The first-order valence-corrected chi connectivity index (χ1v) is 5.20. The Morgan fingerprint density at radius 2 is 2.13 bits per heavy atom. The summed E-state index contributed by atoms with van der Waals surface area (Å²) in [4.78, 5) is 11.7. The molecule has 15 heavy (non-hydrogen) atoms. The van der Waals surface area contributed by atoms with Crippen molar-refractivity contribution in [2.75, 3.05) is 0 Å². The largest absolute Gasteiger partial charge is 0.390 e. The average Bonchev–Trinajstić information content (AvgIpc) is 2.48. The van der Waals surface area contributed by atoms with Crippen LogP contribution in [0.2, 0.25) is 5.02 Å². The Bertz CT molecular complexity index is 407. The molecule has 2 rings (SSSR count). The van der Waals surface area contributed by atoms with Gasteiger partial charge >= 0.3 is 0 Å². The number of rotatable bonds is 1. The Kier molecular flexibility index (Phi) is 2.54. The quantitative estimate of drug-likeness (QED) is 0.756. The monoisotopic (exact) mass is 225 g/mol. The number of aliphatic hydroxyl groups is 1. The molecule has 1 aromatic rings. The van der Waals surface area contributed by atoms with Crippen LogP contribution in [0.15, 0.2) is 24.3 Å². The van der Waals surface area contributed by atoms with Gasteiger partial charge in [-0.15, -0.1) is 0 Å². The molecule has 0 bridgehead atoms. The number of halogens is 1. The van der Waals surface area contributed by atoms with E-state index in [-0.39, 0.29) is 5.78 Å². The highest BCUT2D eigenvalue weighted by molar-refractivity contribution is 6.31. The van der Waals surface area contributed by atoms with Gasteiger partial charge in [-0.3, -0.25) is 4.79 Å². The Morgan fingerprint density at radius 3 is 2.67 bits per heavy atom. The van der Waals surface area contributed by atoms with Gasteiger partial charge in [0.05, 0.1) is 6.10 Å². The van der Waals surface area contributed by atoms with Gasteiger partial charge in [0.2, 0.25) is 0 Å². The van der Waals surface area contributed by atoms with E-state index in [1.54, 1.807) is 24.3 Å². The van der Waals surface area contributed by atoms with Crippen LogP contribution in [-0.4, -0.2) is 17.0 Å². The zero-order valence-electron chi connectivity index (χ0n) is 8.11. The Balaban J connectivity index is 2.54. The van der Waals surface area contributed by atoms with Crippen molar-refractivity contribution in [1.29, 1.82) is 0 Å². The van der Waals surface area contributed by atoms with Crippen molar-refractivity contribution < 1.29 is 9.90 Å². The molecule has 2 atom stereocenters. The molecule has 0 aliphatic heterocycles. The Morgan fingerprint density at radius 1 is 1.47 bits per heavy atom. The number of ketones is 1. The lowest BCUT2D eigenvalue weighted by atomic mass is 9.86. The van der Waals surface area contributed by atoms with Gasteiger partial charge in [0.15, 0.2) is 5.78 Å². The van der Waals surface area contributed by atoms with Crippen LogP contribution in [0, 0.1) is 0 Å². The highest BCUT2D eigenvalue weighted by Gasteiger charge is 2.48. The van der Waals surface area contributed by atoms with E-state index in [1.165, 1.54) is 0 Å². The van der Waals surface area contributed by atoms with Gasteiger partial charge in [-0.25, -0.2) is 0 Å². The Hall–Kier alpha value is -0.900. The minimum absolute atomic E-state index is 0.150. The van der Waals surface area contributed by atoms with Gasteiger partial charge in [-0.2, -0.15) is 0 Å². The van der Waals surface area contributed by atoms with Crippen LogP contribution in [0.5, 0.6) is 0 Å². The molecule has 4 heteroatoms. The fourth-order valence-electron chi connectivity index (χ4n) is 2.01. The van der Waals surface area contributed by atoms with Gasteiger partial charge in [-0.05, 0) is 12.5 Å². The third-order valence-corrected chi connectivity index (χ3v) is 3.28. The molecule has 3 nitrogen and oxygen atoms in total. The van der Waals surface area contributed by atoms with Gasteiger partial charge in [0.1, 0.15) is 5.54 Å². The van der Waals surface area contributed by atoms with E-state index in [0.717, 1.165) is 0 Å². The molecule has 0 amide bonds. The van der Waals surface area contributed by atoms with Crippen LogP contribution in [0.4, 0.5) is 0 Å². The molecule has 80 valence electrons. The van der Waals surface area contributed by atoms with Crippen molar-refractivity contribution in [2.24, 2.45) is 5.73 Å². The van der Waals surface area contributed by atoms with Gasteiger partial charge < -0.3 is 10.8 Å².